The number of esters is 1. The summed E-state index contributed by atoms with van der Waals surface area (Å²) in [6, 6.07) is 5.65. The van der Waals surface area contributed by atoms with Gasteiger partial charge in [0, 0.05) is 9.80 Å². The molecule has 3 nitrogen and oxygen atoms in total. The number of carbonyl (C=O) groups excluding carboxylic acids is 1. The predicted molar refractivity (Wildman–Crippen MR) is 71.8 cm³/mol. The van der Waals surface area contributed by atoms with Gasteiger partial charge >= 0.3 is 5.97 Å². The summed E-state index contributed by atoms with van der Waals surface area (Å²) in [4.78, 5) is 11.4. The summed E-state index contributed by atoms with van der Waals surface area (Å²) >= 11 is 6.74. The van der Waals surface area contributed by atoms with Crippen molar-refractivity contribution in [2.75, 3.05) is 6.61 Å². The van der Waals surface area contributed by atoms with Crippen LogP contribution in [0.3, 0.4) is 0 Å². The summed E-state index contributed by atoms with van der Waals surface area (Å²) in [6.07, 6.45) is 0.129. The highest BCUT2D eigenvalue weighted by atomic mass is 79.9. The van der Waals surface area contributed by atoms with Crippen molar-refractivity contribution >= 4 is 37.8 Å². The summed E-state index contributed by atoms with van der Waals surface area (Å²) in [5.74, 6) is -0.313. The van der Waals surface area contributed by atoms with E-state index in [1.165, 1.54) is 0 Å². The van der Waals surface area contributed by atoms with Crippen LogP contribution in [0.1, 0.15) is 23.6 Å². The fraction of sp³-hybridized carbons (Fsp3) is 0.333. The molecule has 5 heteroatoms. The molecule has 0 amide bonds. The molecule has 1 aromatic carbocycles. The summed E-state index contributed by atoms with van der Waals surface area (Å²) in [5, 5.41) is 9.68. The van der Waals surface area contributed by atoms with Crippen molar-refractivity contribution in [3.63, 3.8) is 0 Å². The second-order valence-electron chi connectivity index (χ2n) is 3.33. The zero-order chi connectivity index (χ0) is 12.8. The lowest BCUT2D eigenvalue weighted by Gasteiger charge is -2.08. The van der Waals surface area contributed by atoms with Crippen LogP contribution < -0.4 is 0 Å². The Morgan fingerprint density at radius 1 is 1.47 bits per heavy atom. The summed E-state index contributed by atoms with van der Waals surface area (Å²) in [7, 11) is 0. The number of alkyl halides is 1. The minimum atomic E-state index is -0.313. The van der Waals surface area contributed by atoms with E-state index in [0.29, 0.717) is 23.1 Å². The molecule has 0 aliphatic rings. The summed E-state index contributed by atoms with van der Waals surface area (Å²) in [5.41, 5.74) is 2.20. The van der Waals surface area contributed by atoms with E-state index in [1.54, 1.807) is 13.0 Å². The minimum absolute atomic E-state index is 0.129. The van der Waals surface area contributed by atoms with Crippen LogP contribution in [0.4, 0.5) is 0 Å². The van der Waals surface area contributed by atoms with Gasteiger partial charge in [-0.15, -0.1) is 0 Å². The highest BCUT2D eigenvalue weighted by molar-refractivity contribution is 9.10. The molecule has 0 saturated carbocycles. The van der Waals surface area contributed by atoms with Gasteiger partial charge in [0.1, 0.15) is 0 Å². The van der Waals surface area contributed by atoms with Crippen molar-refractivity contribution in [1.82, 2.24) is 0 Å². The van der Waals surface area contributed by atoms with Crippen LogP contribution >= 0.6 is 31.9 Å². The number of nitriles is 1. The highest BCUT2D eigenvalue weighted by Crippen LogP contribution is 2.24. The number of carbonyl (C=O) groups is 1. The zero-order valence-electron chi connectivity index (χ0n) is 9.30. The first-order chi connectivity index (χ1) is 8.12. The second kappa shape index (κ2) is 6.77. The standard InChI is InChI=1S/C12H11Br2NO2/c1-2-17-12(16)5-8-3-9(6-13)11(14)4-10(8)7-15/h3-4H,2,5-6H2,1H3. The lowest BCUT2D eigenvalue weighted by molar-refractivity contribution is -0.142. The molecule has 0 aliphatic carbocycles. The topological polar surface area (TPSA) is 50.1 Å². The summed E-state index contributed by atoms with van der Waals surface area (Å²) < 4.78 is 5.74. The molecule has 1 aromatic rings. The normalized spacial score (nSPS) is 9.76. The second-order valence-corrected chi connectivity index (χ2v) is 4.74. The molecule has 0 atom stereocenters. The van der Waals surface area contributed by atoms with Crippen LogP contribution in [0.2, 0.25) is 0 Å². The molecule has 0 N–H and O–H groups in total. The van der Waals surface area contributed by atoms with Gasteiger partial charge in [0.05, 0.1) is 24.7 Å². The average molecular weight is 361 g/mol. The van der Waals surface area contributed by atoms with Gasteiger partial charge in [-0.1, -0.05) is 37.9 Å². The number of halogens is 2. The Hall–Kier alpha value is -0.860. The van der Waals surface area contributed by atoms with Crippen LogP contribution in [0.5, 0.6) is 0 Å². The van der Waals surface area contributed by atoms with Gasteiger partial charge in [-0.2, -0.15) is 5.26 Å². The quantitative estimate of drug-likeness (QED) is 0.611. The van der Waals surface area contributed by atoms with Gasteiger partial charge in [-0.25, -0.2) is 0 Å². The number of hydrogen-bond acceptors (Lipinski definition) is 3. The summed E-state index contributed by atoms with van der Waals surface area (Å²) in [6.45, 7) is 2.11. The molecule has 17 heavy (non-hydrogen) atoms. The maximum absolute atomic E-state index is 11.4. The molecule has 0 spiro atoms. The van der Waals surface area contributed by atoms with E-state index in [1.807, 2.05) is 6.07 Å². The van der Waals surface area contributed by atoms with E-state index in [-0.39, 0.29) is 12.4 Å². The molecular weight excluding hydrogens is 350 g/mol. The minimum Gasteiger partial charge on any atom is -0.466 e. The fourth-order valence-corrected chi connectivity index (χ4v) is 2.71. The van der Waals surface area contributed by atoms with Gasteiger partial charge in [-0.05, 0) is 24.1 Å². The predicted octanol–water partition coefficient (Wildman–Crippen LogP) is 3.32. The van der Waals surface area contributed by atoms with Gasteiger partial charge in [0.15, 0.2) is 0 Å². The van der Waals surface area contributed by atoms with Crippen LogP contribution in [-0.2, 0) is 21.3 Å². The molecule has 0 unspecified atom stereocenters. The van der Waals surface area contributed by atoms with Gasteiger partial charge in [0.2, 0.25) is 0 Å². The third-order valence-corrected chi connectivity index (χ3v) is 3.52. The third-order valence-electron chi connectivity index (χ3n) is 2.18. The Balaban J connectivity index is 3.05. The van der Waals surface area contributed by atoms with Crippen molar-refractivity contribution in [2.45, 2.75) is 18.7 Å². The Morgan fingerprint density at radius 2 is 2.18 bits per heavy atom. The smallest absolute Gasteiger partial charge is 0.310 e. The molecule has 0 aromatic heterocycles. The molecular formula is C12H11Br2NO2. The molecule has 1 rings (SSSR count). The molecule has 0 saturated heterocycles. The maximum atomic E-state index is 11.4. The van der Waals surface area contributed by atoms with Gasteiger partial charge in [0.25, 0.3) is 0 Å². The Morgan fingerprint density at radius 3 is 2.71 bits per heavy atom. The average Bonchev–Trinajstić information content (AvgIpc) is 2.31. The third kappa shape index (κ3) is 3.83. The first-order valence-electron chi connectivity index (χ1n) is 5.05. The fourth-order valence-electron chi connectivity index (χ4n) is 1.39. The number of rotatable bonds is 4. The molecule has 0 aliphatic heterocycles. The molecule has 0 bridgehead atoms. The van der Waals surface area contributed by atoms with Crippen molar-refractivity contribution in [1.29, 1.82) is 5.26 Å². The SMILES string of the molecule is CCOC(=O)Cc1cc(CBr)c(Br)cc1C#N. The Bertz CT molecular complexity index is 466. The lowest BCUT2D eigenvalue weighted by atomic mass is 10.0. The first kappa shape index (κ1) is 14.2. The van der Waals surface area contributed by atoms with E-state index >= 15 is 0 Å². The van der Waals surface area contributed by atoms with Crippen LogP contribution in [0, 0.1) is 11.3 Å². The Kier molecular flexibility index (Phi) is 5.66. The monoisotopic (exact) mass is 359 g/mol. The van der Waals surface area contributed by atoms with E-state index in [4.69, 9.17) is 10.00 Å². The zero-order valence-corrected chi connectivity index (χ0v) is 12.5. The molecule has 0 fully saturated rings. The van der Waals surface area contributed by atoms with Crippen molar-refractivity contribution in [2.24, 2.45) is 0 Å². The van der Waals surface area contributed by atoms with Crippen LogP contribution in [-0.4, -0.2) is 12.6 Å². The number of hydrogen-bond donors (Lipinski definition) is 0. The van der Waals surface area contributed by atoms with E-state index < -0.39 is 0 Å². The number of benzene rings is 1. The van der Waals surface area contributed by atoms with Gasteiger partial charge in [-0.3, -0.25) is 4.79 Å². The molecule has 0 heterocycles. The maximum Gasteiger partial charge on any atom is 0.310 e. The lowest BCUT2D eigenvalue weighted by Crippen LogP contribution is -2.09. The molecule has 90 valence electrons. The van der Waals surface area contributed by atoms with Crippen LogP contribution in [0.25, 0.3) is 0 Å². The van der Waals surface area contributed by atoms with E-state index in [9.17, 15) is 4.79 Å². The molecule has 0 radical (unpaired) electrons. The Labute approximate surface area is 117 Å². The van der Waals surface area contributed by atoms with Crippen molar-refractivity contribution in [3.8, 4) is 6.07 Å². The van der Waals surface area contributed by atoms with Crippen LogP contribution in [0.15, 0.2) is 16.6 Å². The van der Waals surface area contributed by atoms with Gasteiger partial charge < -0.3 is 4.74 Å². The number of nitrogens with zero attached hydrogens (tertiary/aromatic N) is 1. The van der Waals surface area contributed by atoms with E-state index in [0.717, 1.165) is 10.0 Å². The van der Waals surface area contributed by atoms with E-state index in [2.05, 4.69) is 37.9 Å². The first-order valence-corrected chi connectivity index (χ1v) is 6.96. The number of ether oxygens (including phenoxy) is 1. The van der Waals surface area contributed by atoms with Crippen molar-refractivity contribution in [3.05, 3.63) is 33.3 Å². The largest absolute Gasteiger partial charge is 0.466 e. The highest BCUT2D eigenvalue weighted by Gasteiger charge is 2.12. The van der Waals surface area contributed by atoms with Crippen molar-refractivity contribution < 1.29 is 9.53 Å².